The topological polar surface area (TPSA) is 27.1 Å². The first-order chi connectivity index (χ1) is 8.45. The molecule has 0 aliphatic heterocycles. The van der Waals surface area contributed by atoms with Crippen molar-refractivity contribution in [1.82, 2.24) is 9.78 Å². The second-order valence-electron chi connectivity index (χ2n) is 4.25. The highest BCUT2D eigenvalue weighted by atomic mass is 19.4. The Labute approximate surface area is 105 Å². The van der Waals surface area contributed by atoms with Crippen LogP contribution in [0, 0.1) is 0 Å². The SMILES string of the molecule is CCCCCCCOc1cc(C(F)(F)F)nn1C. The molecule has 1 aromatic heterocycles. The van der Waals surface area contributed by atoms with Crippen molar-refractivity contribution in [1.29, 1.82) is 0 Å². The third-order valence-electron chi connectivity index (χ3n) is 2.63. The van der Waals surface area contributed by atoms with E-state index in [1.165, 1.54) is 13.5 Å². The predicted octanol–water partition coefficient (Wildman–Crippen LogP) is 3.79. The molecule has 0 aliphatic carbocycles. The molecular formula is C12H19F3N2O. The van der Waals surface area contributed by atoms with Gasteiger partial charge in [-0.1, -0.05) is 32.6 Å². The molecule has 0 spiro atoms. The van der Waals surface area contributed by atoms with Gasteiger partial charge < -0.3 is 4.74 Å². The van der Waals surface area contributed by atoms with Crippen molar-refractivity contribution in [3.8, 4) is 5.88 Å². The van der Waals surface area contributed by atoms with Gasteiger partial charge >= 0.3 is 6.18 Å². The number of halogens is 3. The maximum absolute atomic E-state index is 12.4. The Hall–Kier alpha value is -1.20. The fraction of sp³-hybridized carbons (Fsp3) is 0.750. The molecule has 1 heterocycles. The molecule has 0 saturated heterocycles. The average Bonchev–Trinajstić information content (AvgIpc) is 2.65. The number of alkyl halides is 3. The van der Waals surface area contributed by atoms with Gasteiger partial charge in [-0.15, -0.1) is 0 Å². The molecule has 6 heteroatoms. The summed E-state index contributed by atoms with van der Waals surface area (Å²) in [7, 11) is 1.45. The zero-order chi connectivity index (χ0) is 13.6. The minimum atomic E-state index is -4.42. The van der Waals surface area contributed by atoms with E-state index < -0.39 is 11.9 Å². The van der Waals surface area contributed by atoms with Crippen molar-refractivity contribution in [2.75, 3.05) is 6.61 Å². The van der Waals surface area contributed by atoms with Crippen LogP contribution in [0.4, 0.5) is 13.2 Å². The van der Waals surface area contributed by atoms with Crippen LogP contribution >= 0.6 is 0 Å². The third-order valence-corrected chi connectivity index (χ3v) is 2.63. The number of hydrogen-bond donors (Lipinski definition) is 0. The van der Waals surface area contributed by atoms with Gasteiger partial charge in [0, 0.05) is 13.1 Å². The maximum atomic E-state index is 12.4. The zero-order valence-corrected chi connectivity index (χ0v) is 10.8. The second kappa shape index (κ2) is 6.66. The summed E-state index contributed by atoms with van der Waals surface area (Å²) < 4.78 is 43.5. The lowest BCUT2D eigenvalue weighted by molar-refractivity contribution is -0.141. The molecule has 1 rings (SSSR count). The number of unbranched alkanes of at least 4 members (excludes halogenated alkanes) is 4. The fourth-order valence-corrected chi connectivity index (χ4v) is 1.61. The Morgan fingerprint density at radius 1 is 1.22 bits per heavy atom. The molecule has 0 saturated carbocycles. The molecule has 18 heavy (non-hydrogen) atoms. The van der Waals surface area contributed by atoms with Crippen molar-refractivity contribution in [3.63, 3.8) is 0 Å². The minimum Gasteiger partial charge on any atom is -0.478 e. The fourth-order valence-electron chi connectivity index (χ4n) is 1.61. The van der Waals surface area contributed by atoms with Crippen molar-refractivity contribution < 1.29 is 17.9 Å². The molecule has 0 radical (unpaired) electrons. The van der Waals surface area contributed by atoms with E-state index in [4.69, 9.17) is 4.74 Å². The van der Waals surface area contributed by atoms with Crippen molar-refractivity contribution in [3.05, 3.63) is 11.8 Å². The smallest absolute Gasteiger partial charge is 0.435 e. The number of aryl methyl sites for hydroxylation is 1. The van der Waals surface area contributed by atoms with Crippen LogP contribution in [-0.4, -0.2) is 16.4 Å². The highest BCUT2D eigenvalue weighted by Gasteiger charge is 2.34. The quantitative estimate of drug-likeness (QED) is 0.701. The zero-order valence-electron chi connectivity index (χ0n) is 10.8. The summed E-state index contributed by atoms with van der Waals surface area (Å²) in [5, 5.41) is 3.38. The van der Waals surface area contributed by atoms with E-state index in [-0.39, 0.29) is 5.88 Å². The number of aromatic nitrogens is 2. The Morgan fingerprint density at radius 3 is 2.44 bits per heavy atom. The summed E-state index contributed by atoms with van der Waals surface area (Å²) in [5.74, 6) is 0.165. The standard InChI is InChI=1S/C12H19F3N2O/c1-3-4-5-6-7-8-18-11-9-10(12(13,14)15)16-17(11)2/h9H,3-8H2,1-2H3. The largest absolute Gasteiger partial charge is 0.478 e. The van der Waals surface area contributed by atoms with Gasteiger partial charge in [0.1, 0.15) is 0 Å². The summed E-state index contributed by atoms with van der Waals surface area (Å²) in [6.45, 7) is 2.56. The Kier molecular flexibility index (Phi) is 5.50. The molecule has 0 unspecified atom stereocenters. The molecule has 0 N–H and O–H groups in total. The minimum absolute atomic E-state index is 0.165. The molecule has 0 aliphatic rings. The van der Waals surface area contributed by atoms with E-state index in [0.29, 0.717) is 6.61 Å². The van der Waals surface area contributed by atoms with Crippen LogP contribution in [0.1, 0.15) is 44.7 Å². The Bertz CT molecular complexity index is 361. The molecule has 0 bridgehead atoms. The lowest BCUT2D eigenvalue weighted by Gasteiger charge is -2.05. The third kappa shape index (κ3) is 4.58. The van der Waals surface area contributed by atoms with E-state index in [0.717, 1.165) is 36.4 Å². The summed E-state index contributed by atoms with van der Waals surface area (Å²) in [4.78, 5) is 0. The van der Waals surface area contributed by atoms with E-state index in [1.807, 2.05) is 0 Å². The van der Waals surface area contributed by atoms with Gasteiger partial charge in [0.2, 0.25) is 5.88 Å². The molecular weight excluding hydrogens is 245 g/mol. The van der Waals surface area contributed by atoms with Crippen LogP contribution < -0.4 is 4.74 Å². The molecule has 0 fully saturated rings. The van der Waals surface area contributed by atoms with Gasteiger partial charge in [0.25, 0.3) is 0 Å². The number of hydrogen-bond acceptors (Lipinski definition) is 2. The van der Waals surface area contributed by atoms with Gasteiger partial charge in [-0.25, -0.2) is 4.68 Å². The van der Waals surface area contributed by atoms with Crippen LogP contribution in [0.3, 0.4) is 0 Å². The molecule has 104 valence electrons. The molecule has 0 aromatic carbocycles. The van der Waals surface area contributed by atoms with E-state index in [1.54, 1.807) is 0 Å². The summed E-state index contributed by atoms with van der Waals surface area (Å²) in [5.41, 5.74) is -0.911. The first-order valence-electron chi connectivity index (χ1n) is 6.19. The summed E-state index contributed by atoms with van der Waals surface area (Å²) in [6, 6.07) is 0.937. The van der Waals surface area contributed by atoms with Gasteiger partial charge in [0.05, 0.1) is 6.61 Å². The number of nitrogens with zero attached hydrogens (tertiary/aromatic N) is 2. The average molecular weight is 264 g/mol. The van der Waals surface area contributed by atoms with E-state index in [9.17, 15) is 13.2 Å². The second-order valence-corrected chi connectivity index (χ2v) is 4.25. The number of ether oxygens (including phenoxy) is 1. The van der Waals surface area contributed by atoms with Gasteiger partial charge in [-0.2, -0.15) is 18.3 Å². The van der Waals surface area contributed by atoms with Crippen LogP contribution in [0.2, 0.25) is 0 Å². The Morgan fingerprint density at radius 2 is 1.89 bits per heavy atom. The molecule has 1 aromatic rings. The van der Waals surface area contributed by atoms with E-state index >= 15 is 0 Å². The van der Waals surface area contributed by atoms with Crippen molar-refractivity contribution >= 4 is 0 Å². The van der Waals surface area contributed by atoms with Gasteiger partial charge in [-0.05, 0) is 6.42 Å². The normalized spacial score (nSPS) is 11.8. The van der Waals surface area contributed by atoms with Gasteiger partial charge in [0.15, 0.2) is 5.69 Å². The lowest BCUT2D eigenvalue weighted by Crippen LogP contribution is -2.06. The number of rotatable bonds is 7. The van der Waals surface area contributed by atoms with Gasteiger partial charge in [-0.3, -0.25) is 0 Å². The first kappa shape index (κ1) is 14.9. The van der Waals surface area contributed by atoms with Crippen molar-refractivity contribution in [2.45, 2.75) is 45.2 Å². The monoisotopic (exact) mass is 264 g/mol. The van der Waals surface area contributed by atoms with Crippen molar-refractivity contribution in [2.24, 2.45) is 7.05 Å². The van der Waals surface area contributed by atoms with Crippen LogP contribution in [0.25, 0.3) is 0 Å². The van der Waals surface area contributed by atoms with Crippen LogP contribution in [0.5, 0.6) is 5.88 Å². The lowest BCUT2D eigenvalue weighted by atomic mass is 10.2. The molecule has 0 atom stereocenters. The van der Waals surface area contributed by atoms with E-state index in [2.05, 4.69) is 12.0 Å². The van der Waals surface area contributed by atoms with Crippen LogP contribution in [-0.2, 0) is 13.2 Å². The van der Waals surface area contributed by atoms with Crippen LogP contribution in [0.15, 0.2) is 6.07 Å². The highest BCUT2D eigenvalue weighted by Crippen LogP contribution is 2.30. The molecule has 3 nitrogen and oxygen atoms in total. The maximum Gasteiger partial charge on any atom is 0.435 e. The summed E-state index contributed by atoms with van der Waals surface area (Å²) in [6.07, 6.45) is 0.964. The molecule has 0 amide bonds. The Balaban J connectivity index is 2.36. The highest BCUT2D eigenvalue weighted by molar-refractivity contribution is 5.18. The summed E-state index contributed by atoms with van der Waals surface area (Å²) >= 11 is 0. The first-order valence-corrected chi connectivity index (χ1v) is 6.19. The predicted molar refractivity (Wildman–Crippen MR) is 62.5 cm³/mol.